The van der Waals surface area contributed by atoms with Crippen molar-refractivity contribution in [2.45, 2.75) is 6.92 Å². The minimum atomic E-state index is -0.713. The number of halogens is 1. The number of esters is 1. The third-order valence-corrected chi connectivity index (χ3v) is 3.31. The number of amides is 1. The van der Waals surface area contributed by atoms with Crippen LogP contribution in [0.5, 0.6) is 0 Å². The standard InChI is InChI=1S/C15H16ClN3O4/c1-3-23-14-12(8-17-9-13(20)22-2)15(21)19(18-14)11-6-4-10(16)5-7-11/h4-8,12H,3,9H2,1-2H3/p+1/t12-/m0/s1. The van der Waals surface area contributed by atoms with Gasteiger partial charge in [0.1, 0.15) is 0 Å². The molecule has 1 heterocycles. The molecule has 1 aromatic carbocycles. The van der Waals surface area contributed by atoms with Crippen LogP contribution in [0.3, 0.4) is 0 Å². The van der Waals surface area contributed by atoms with Gasteiger partial charge in [-0.3, -0.25) is 4.79 Å². The number of carbonyl (C=O) groups is 2. The van der Waals surface area contributed by atoms with E-state index in [0.29, 0.717) is 17.3 Å². The molecule has 1 atom stereocenters. The van der Waals surface area contributed by atoms with E-state index in [-0.39, 0.29) is 18.3 Å². The number of methoxy groups -OCH3 is 1. The van der Waals surface area contributed by atoms with Crippen molar-refractivity contribution in [3.63, 3.8) is 0 Å². The lowest BCUT2D eigenvalue weighted by Crippen LogP contribution is -2.73. The molecule has 0 bridgehead atoms. The number of hydrogen-bond donors (Lipinski definition) is 1. The Morgan fingerprint density at radius 3 is 2.74 bits per heavy atom. The maximum absolute atomic E-state index is 12.5. The van der Waals surface area contributed by atoms with Crippen molar-refractivity contribution in [2.24, 2.45) is 11.0 Å². The molecular weight excluding hydrogens is 322 g/mol. The predicted octanol–water partition coefficient (Wildman–Crippen LogP) is -0.0228. The van der Waals surface area contributed by atoms with Crippen molar-refractivity contribution in [1.82, 2.24) is 0 Å². The molecule has 1 N–H and O–H groups in total. The summed E-state index contributed by atoms with van der Waals surface area (Å²) in [7, 11) is 1.29. The highest BCUT2D eigenvalue weighted by molar-refractivity contribution is 6.30. The quantitative estimate of drug-likeness (QED) is 0.604. The normalized spacial score (nSPS) is 17.5. The Balaban J connectivity index is 2.19. The van der Waals surface area contributed by atoms with E-state index in [1.54, 1.807) is 31.2 Å². The van der Waals surface area contributed by atoms with Crippen molar-refractivity contribution < 1.29 is 24.1 Å². The van der Waals surface area contributed by atoms with Crippen LogP contribution in [0, 0.1) is 5.92 Å². The molecule has 0 fully saturated rings. The van der Waals surface area contributed by atoms with Gasteiger partial charge in [0, 0.05) is 5.02 Å². The molecule has 0 radical (unpaired) electrons. The van der Waals surface area contributed by atoms with Gasteiger partial charge in [-0.2, -0.15) is 5.01 Å². The molecule has 23 heavy (non-hydrogen) atoms. The lowest BCUT2D eigenvalue weighted by atomic mass is 10.1. The second-order valence-corrected chi connectivity index (χ2v) is 5.04. The molecular formula is C15H17ClN3O4+. The number of benzene rings is 1. The number of rotatable bonds is 5. The highest BCUT2D eigenvalue weighted by Gasteiger charge is 2.39. The predicted molar refractivity (Wildman–Crippen MR) is 85.4 cm³/mol. The first-order valence-electron chi connectivity index (χ1n) is 7.01. The van der Waals surface area contributed by atoms with E-state index in [1.807, 2.05) is 0 Å². The molecule has 2 rings (SSSR count). The minimum absolute atomic E-state index is 0.0410. The van der Waals surface area contributed by atoms with E-state index in [4.69, 9.17) is 16.3 Å². The molecule has 0 saturated carbocycles. The molecule has 7 nitrogen and oxygen atoms in total. The van der Waals surface area contributed by atoms with Gasteiger partial charge in [-0.05, 0) is 31.2 Å². The molecule has 0 spiro atoms. The molecule has 0 saturated heterocycles. The van der Waals surface area contributed by atoms with Gasteiger partial charge in [0.15, 0.2) is 12.1 Å². The maximum Gasteiger partial charge on any atom is 0.371 e. The first kappa shape index (κ1) is 17.0. The third-order valence-electron chi connectivity index (χ3n) is 3.06. The van der Waals surface area contributed by atoms with Gasteiger partial charge < -0.3 is 9.47 Å². The van der Waals surface area contributed by atoms with Gasteiger partial charge in [-0.1, -0.05) is 11.6 Å². The summed E-state index contributed by atoms with van der Waals surface area (Å²) in [5.74, 6) is -1.16. The minimum Gasteiger partial charge on any atom is -0.479 e. The third kappa shape index (κ3) is 4.07. The van der Waals surface area contributed by atoms with E-state index in [1.165, 1.54) is 18.3 Å². The number of ether oxygens (including phenoxy) is 2. The van der Waals surface area contributed by atoms with Gasteiger partial charge in [0.2, 0.25) is 12.4 Å². The number of nitrogens with zero attached hydrogens (tertiary/aromatic N) is 2. The number of hydrazone groups is 1. The Kier molecular flexibility index (Phi) is 5.70. The van der Waals surface area contributed by atoms with Gasteiger partial charge in [-0.15, -0.1) is 5.10 Å². The Morgan fingerprint density at radius 1 is 1.43 bits per heavy atom. The largest absolute Gasteiger partial charge is 0.479 e. The van der Waals surface area contributed by atoms with Crippen LogP contribution in [0.15, 0.2) is 29.4 Å². The van der Waals surface area contributed by atoms with Crippen LogP contribution in [0.4, 0.5) is 5.69 Å². The number of nitrogens with one attached hydrogen (secondary N) is 1. The molecule has 1 aliphatic rings. The lowest BCUT2D eigenvalue weighted by Gasteiger charge is -2.11. The molecule has 1 aromatic rings. The van der Waals surface area contributed by atoms with Crippen molar-refractivity contribution in [2.75, 3.05) is 25.3 Å². The van der Waals surface area contributed by atoms with Gasteiger partial charge in [0.25, 0.3) is 5.91 Å². The Hall–Kier alpha value is -2.41. The van der Waals surface area contributed by atoms with Crippen LogP contribution in [-0.4, -0.2) is 44.3 Å². The zero-order chi connectivity index (χ0) is 16.8. The molecule has 8 heteroatoms. The number of carbonyl (C=O) groups excluding carboxylic acids is 2. The molecule has 0 aromatic heterocycles. The van der Waals surface area contributed by atoms with Gasteiger partial charge in [0.05, 0.1) is 19.4 Å². The fraction of sp³-hybridized carbons (Fsp3) is 0.333. The Morgan fingerprint density at radius 2 is 2.13 bits per heavy atom. The maximum atomic E-state index is 12.5. The molecule has 0 aliphatic carbocycles. The fourth-order valence-electron chi connectivity index (χ4n) is 1.96. The highest BCUT2D eigenvalue weighted by atomic mass is 35.5. The number of hydrogen-bond acceptors (Lipinski definition) is 5. The first-order valence-corrected chi connectivity index (χ1v) is 7.39. The Labute approximate surface area is 138 Å². The summed E-state index contributed by atoms with van der Waals surface area (Å²) in [6.07, 6.45) is 1.48. The van der Waals surface area contributed by atoms with E-state index in [2.05, 4.69) is 14.8 Å². The van der Waals surface area contributed by atoms with Crippen LogP contribution < -0.4 is 10.0 Å². The van der Waals surface area contributed by atoms with Crippen LogP contribution in [0.25, 0.3) is 0 Å². The van der Waals surface area contributed by atoms with Crippen molar-refractivity contribution >= 4 is 41.3 Å². The van der Waals surface area contributed by atoms with Crippen LogP contribution in [0.1, 0.15) is 6.92 Å². The summed E-state index contributed by atoms with van der Waals surface area (Å²) in [6.45, 7) is 2.14. The van der Waals surface area contributed by atoms with Crippen molar-refractivity contribution in [1.29, 1.82) is 0 Å². The average molecular weight is 339 g/mol. The summed E-state index contributed by atoms with van der Waals surface area (Å²) in [5.41, 5.74) is 0.584. The van der Waals surface area contributed by atoms with E-state index in [0.717, 1.165) is 0 Å². The van der Waals surface area contributed by atoms with E-state index in [9.17, 15) is 9.59 Å². The smallest absolute Gasteiger partial charge is 0.371 e. The summed E-state index contributed by atoms with van der Waals surface area (Å²) in [4.78, 5) is 26.4. The van der Waals surface area contributed by atoms with Crippen molar-refractivity contribution in [3.05, 3.63) is 29.3 Å². The summed E-state index contributed by atoms with van der Waals surface area (Å²) in [6, 6.07) is 6.73. The topological polar surface area (TPSA) is 82.2 Å². The van der Waals surface area contributed by atoms with Gasteiger partial charge in [-0.25, -0.2) is 9.79 Å². The van der Waals surface area contributed by atoms with E-state index < -0.39 is 11.9 Å². The summed E-state index contributed by atoms with van der Waals surface area (Å²) in [5, 5.41) is 6.02. The van der Waals surface area contributed by atoms with Crippen molar-refractivity contribution in [3.8, 4) is 0 Å². The van der Waals surface area contributed by atoms with Crippen LogP contribution in [0.2, 0.25) is 5.02 Å². The van der Waals surface area contributed by atoms with E-state index >= 15 is 0 Å². The second-order valence-electron chi connectivity index (χ2n) is 4.60. The Bertz CT molecular complexity index is 643. The zero-order valence-corrected chi connectivity index (χ0v) is 13.5. The highest BCUT2D eigenvalue weighted by Crippen LogP contribution is 2.24. The SMILES string of the molecule is CCOC1=NN(c2ccc(Cl)cc2)C(=O)[C@H]1C=[NH+]CC(=O)OC. The molecule has 1 amide bonds. The number of anilines is 1. The fourth-order valence-corrected chi connectivity index (χ4v) is 2.08. The summed E-state index contributed by atoms with van der Waals surface area (Å²) < 4.78 is 9.95. The lowest BCUT2D eigenvalue weighted by molar-refractivity contribution is -0.443. The second kappa shape index (κ2) is 7.73. The molecule has 122 valence electrons. The zero-order valence-electron chi connectivity index (χ0n) is 12.8. The monoisotopic (exact) mass is 338 g/mol. The van der Waals surface area contributed by atoms with Crippen LogP contribution >= 0.6 is 11.6 Å². The van der Waals surface area contributed by atoms with Crippen LogP contribution in [-0.2, 0) is 19.1 Å². The molecule has 1 aliphatic heterocycles. The summed E-state index contributed by atoms with van der Waals surface area (Å²) >= 11 is 5.85. The average Bonchev–Trinajstić information content (AvgIpc) is 2.85. The first-order chi connectivity index (χ1) is 11.1. The molecule has 0 unspecified atom stereocenters. The van der Waals surface area contributed by atoms with Gasteiger partial charge >= 0.3 is 5.97 Å².